The van der Waals surface area contributed by atoms with Crippen LogP contribution in [0.2, 0.25) is 0 Å². The van der Waals surface area contributed by atoms with Crippen LogP contribution in [0.15, 0.2) is 24.5 Å². The van der Waals surface area contributed by atoms with Gasteiger partial charge in [-0.05, 0) is 32.9 Å². The van der Waals surface area contributed by atoms with Crippen LogP contribution in [-0.2, 0) is 4.74 Å². The number of aromatic nitrogens is 1. The molecule has 1 aromatic heterocycles. The molecule has 1 aromatic rings. The molecule has 0 radical (unpaired) electrons. The van der Waals surface area contributed by atoms with Crippen LogP contribution in [0.4, 0.5) is 9.59 Å². The van der Waals surface area contributed by atoms with E-state index in [1.54, 1.807) is 27.1 Å². The van der Waals surface area contributed by atoms with Crippen LogP contribution >= 0.6 is 0 Å². The Morgan fingerprint density at radius 1 is 1.08 bits per heavy atom. The third-order valence-corrected chi connectivity index (χ3v) is 4.26. The Hall–Kier alpha value is -2.51. The second kappa shape index (κ2) is 7.39. The Morgan fingerprint density at radius 3 is 2.31 bits per heavy atom. The average molecular weight is 362 g/mol. The Morgan fingerprint density at radius 2 is 1.73 bits per heavy atom. The maximum Gasteiger partial charge on any atom is 0.410 e. The van der Waals surface area contributed by atoms with Crippen molar-refractivity contribution >= 4 is 12.1 Å². The van der Waals surface area contributed by atoms with Crippen LogP contribution in [0, 0.1) is 0 Å². The summed E-state index contributed by atoms with van der Waals surface area (Å²) in [6.07, 6.45) is 3.05. The molecule has 2 aliphatic rings. The van der Waals surface area contributed by atoms with Crippen molar-refractivity contribution in [2.45, 2.75) is 32.5 Å². The number of pyridine rings is 1. The van der Waals surface area contributed by atoms with Crippen molar-refractivity contribution < 1.29 is 19.1 Å². The highest BCUT2D eigenvalue weighted by Gasteiger charge is 2.36. The van der Waals surface area contributed by atoms with Crippen LogP contribution in [0.5, 0.6) is 5.75 Å². The molecule has 26 heavy (non-hydrogen) atoms. The molecule has 2 saturated heterocycles. The number of rotatable bonds is 2. The lowest BCUT2D eigenvalue weighted by Crippen LogP contribution is -2.62. The Balaban J connectivity index is 1.40. The molecule has 8 nitrogen and oxygen atoms in total. The highest BCUT2D eigenvalue weighted by molar-refractivity contribution is 5.76. The number of amides is 3. The Labute approximate surface area is 153 Å². The van der Waals surface area contributed by atoms with Crippen molar-refractivity contribution in [3.05, 3.63) is 24.5 Å². The second-order valence-corrected chi connectivity index (χ2v) is 7.57. The molecule has 0 bridgehead atoms. The maximum atomic E-state index is 12.5. The molecule has 0 unspecified atom stereocenters. The van der Waals surface area contributed by atoms with E-state index in [1.807, 2.05) is 32.9 Å². The molecule has 0 aliphatic carbocycles. The zero-order valence-corrected chi connectivity index (χ0v) is 15.6. The second-order valence-electron chi connectivity index (χ2n) is 7.57. The van der Waals surface area contributed by atoms with Crippen molar-refractivity contribution in [1.29, 1.82) is 0 Å². The smallest absolute Gasteiger partial charge is 0.410 e. The van der Waals surface area contributed by atoms with Crippen LogP contribution < -0.4 is 4.74 Å². The van der Waals surface area contributed by atoms with Gasteiger partial charge in [-0.3, -0.25) is 4.98 Å². The lowest BCUT2D eigenvalue weighted by molar-refractivity contribution is 0.00755. The summed E-state index contributed by atoms with van der Waals surface area (Å²) >= 11 is 0. The topological polar surface area (TPSA) is 75.2 Å². The summed E-state index contributed by atoms with van der Waals surface area (Å²) in [7, 11) is 0. The zero-order valence-electron chi connectivity index (χ0n) is 15.6. The third kappa shape index (κ3) is 4.56. The van der Waals surface area contributed by atoms with Gasteiger partial charge in [0, 0.05) is 32.4 Å². The van der Waals surface area contributed by atoms with Crippen LogP contribution in [0.25, 0.3) is 0 Å². The van der Waals surface area contributed by atoms with Gasteiger partial charge in [-0.25, -0.2) is 9.59 Å². The summed E-state index contributed by atoms with van der Waals surface area (Å²) < 4.78 is 11.1. The first-order chi connectivity index (χ1) is 12.3. The molecular formula is C18H26N4O4. The first-order valence-corrected chi connectivity index (χ1v) is 8.90. The fourth-order valence-corrected chi connectivity index (χ4v) is 2.88. The number of ether oxygens (including phenoxy) is 2. The van der Waals surface area contributed by atoms with Gasteiger partial charge in [0.2, 0.25) is 0 Å². The molecule has 0 spiro atoms. The maximum absolute atomic E-state index is 12.5. The lowest BCUT2D eigenvalue weighted by Gasteiger charge is -2.43. The molecule has 0 atom stereocenters. The molecule has 3 amide bonds. The van der Waals surface area contributed by atoms with Gasteiger partial charge in [-0.2, -0.15) is 0 Å². The largest absolute Gasteiger partial charge is 0.485 e. The van der Waals surface area contributed by atoms with E-state index in [9.17, 15) is 9.59 Å². The molecule has 0 saturated carbocycles. The van der Waals surface area contributed by atoms with Gasteiger partial charge in [0.05, 0.1) is 19.3 Å². The summed E-state index contributed by atoms with van der Waals surface area (Å²) in [5, 5.41) is 0. The minimum atomic E-state index is -0.509. The first kappa shape index (κ1) is 18.3. The van der Waals surface area contributed by atoms with Crippen molar-refractivity contribution in [3.63, 3.8) is 0 Å². The molecule has 142 valence electrons. The predicted molar refractivity (Wildman–Crippen MR) is 95.0 cm³/mol. The molecule has 3 heterocycles. The number of piperazine rings is 1. The van der Waals surface area contributed by atoms with Gasteiger partial charge < -0.3 is 24.2 Å². The standard InChI is InChI=1S/C18H26N4O4/c1-18(2,3)26-17(24)21-9-7-20(8-10-21)16(23)22-12-15(13-22)25-14-5-4-6-19-11-14/h4-6,11,15H,7-10,12-13H2,1-3H3. The summed E-state index contributed by atoms with van der Waals surface area (Å²) in [5.41, 5.74) is -0.509. The summed E-state index contributed by atoms with van der Waals surface area (Å²) in [6, 6.07) is 3.67. The predicted octanol–water partition coefficient (Wildman–Crippen LogP) is 1.82. The summed E-state index contributed by atoms with van der Waals surface area (Å²) in [5.74, 6) is 0.718. The highest BCUT2D eigenvalue weighted by Crippen LogP contribution is 2.19. The number of hydrogen-bond donors (Lipinski definition) is 0. The summed E-state index contributed by atoms with van der Waals surface area (Å²) in [6.45, 7) is 8.69. The van der Waals surface area contributed by atoms with Gasteiger partial charge in [-0.15, -0.1) is 0 Å². The Kier molecular flexibility index (Phi) is 5.20. The van der Waals surface area contributed by atoms with Gasteiger partial charge in [0.25, 0.3) is 0 Å². The SMILES string of the molecule is CC(C)(C)OC(=O)N1CCN(C(=O)N2CC(Oc3cccnc3)C2)CC1. The van der Waals surface area contributed by atoms with Crippen molar-refractivity contribution in [2.24, 2.45) is 0 Å². The van der Waals surface area contributed by atoms with Crippen molar-refractivity contribution in [1.82, 2.24) is 19.7 Å². The molecule has 2 aliphatic heterocycles. The van der Waals surface area contributed by atoms with E-state index < -0.39 is 5.60 Å². The van der Waals surface area contributed by atoms with Gasteiger partial charge in [0.1, 0.15) is 17.5 Å². The number of likely N-dealkylation sites (tertiary alicyclic amines) is 1. The lowest BCUT2D eigenvalue weighted by atomic mass is 10.2. The molecule has 3 rings (SSSR count). The molecular weight excluding hydrogens is 336 g/mol. The van der Waals surface area contributed by atoms with E-state index >= 15 is 0 Å². The normalized spacial score (nSPS) is 18.3. The van der Waals surface area contributed by atoms with Crippen molar-refractivity contribution in [2.75, 3.05) is 39.3 Å². The minimum absolute atomic E-state index is 0.000115. The van der Waals surface area contributed by atoms with E-state index in [-0.39, 0.29) is 18.2 Å². The highest BCUT2D eigenvalue weighted by atomic mass is 16.6. The number of carbonyl (C=O) groups is 2. The first-order valence-electron chi connectivity index (χ1n) is 8.90. The fraction of sp³-hybridized carbons (Fsp3) is 0.611. The van der Waals surface area contributed by atoms with E-state index in [1.165, 1.54) is 0 Å². The van der Waals surface area contributed by atoms with E-state index in [2.05, 4.69) is 4.98 Å². The molecule has 2 fully saturated rings. The van der Waals surface area contributed by atoms with Crippen LogP contribution in [0.1, 0.15) is 20.8 Å². The number of nitrogens with zero attached hydrogens (tertiary/aromatic N) is 4. The molecule has 0 aromatic carbocycles. The fourth-order valence-electron chi connectivity index (χ4n) is 2.88. The van der Waals surface area contributed by atoms with Crippen molar-refractivity contribution in [3.8, 4) is 5.75 Å². The van der Waals surface area contributed by atoms with E-state index in [0.717, 1.165) is 5.75 Å². The van der Waals surface area contributed by atoms with Crippen LogP contribution in [0.3, 0.4) is 0 Å². The van der Waals surface area contributed by atoms with Gasteiger partial charge in [0.15, 0.2) is 0 Å². The van der Waals surface area contributed by atoms with Gasteiger partial charge >= 0.3 is 12.1 Å². The number of carbonyl (C=O) groups excluding carboxylic acids is 2. The van der Waals surface area contributed by atoms with E-state index in [0.29, 0.717) is 39.3 Å². The molecule has 0 N–H and O–H groups in total. The zero-order chi connectivity index (χ0) is 18.7. The Bertz CT molecular complexity index is 632. The van der Waals surface area contributed by atoms with E-state index in [4.69, 9.17) is 9.47 Å². The number of hydrogen-bond acceptors (Lipinski definition) is 5. The monoisotopic (exact) mass is 362 g/mol. The van der Waals surface area contributed by atoms with Gasteiger partial charge in [-0.1, -0.05) is 0 Å². The third-order valence-electron chi connectivity index (χ3n) is 4.26. The summed E-state index contributed by atoms with van der Waals surface area (Å²) in [4.78, 5) is 33.8. The van der Waals surface area contributed by atoms with Crippen LogP contribution in [-0.4, -0.2) is 82.8 Å². The number of urea groups is 1. The molecule has 8 heteroatoms. The quantitative estimate of drug-likeness (QED) is 0.802. The average Bonchev–Trinajstić information content (AvgIpc) is 2.57. The minimum Gasteiger partial charge on any atom is -0.485 e.